The molecule has 0 aliphatic rings. The second-order valence-corrected chi connectivity index (χ2v) is 8.97. The summed E-state index contributed by atoms with van der Waals surface area (Å²) < 4.78 is 60.6. The number of nitrogens with zero attached hydrogens (tertiary/aromatic N) is 1. The van der Waals surface area contributed by atoms with E-state index >= 15 is 4.39 Å². The number of amides is 3. The van der Waals surface area contributed by atoms with E-state index in [-0.39, 0.29) is 28.9 Å². The number of hydrogen-bond acceptors (Lipinski definition) is 5. The van der Waals surface area contributed by atoms with Gasteiger partial charge in [-0.2, -0.15) is 0 Å². The van der Waals surface area contributed by atoms with E-state index in [0.29, 0.717) is 5.69 Å². The third-order valence-corrected chi connectivity index (χ3v) is 5.56. The highest BCUT2D eigenvalue weighted by molar-refractivity contribution is 9.10. The summed E-state index contributed by atoms with van der Waals surface area (Å²) in [5.41, 5.74) is -1.09. The van der Waals surface area contributed by atoms with Gasteiger partial charge in [0.2, 0.25) is 11.8 Å². The van der Waals surface area contributed by atoms with Gasteiger partial charge in [-0.05, 0) is 43.3 Å². The fourth-order valence-electron chi connectivity index (χ4n) is 3.13. The standard InChI is InChI=1S/C26H21BrF4N4O4/c1-13(2)23(36)32-10-14-3-8-19(28)21(22(14)31)25(38)35-17-9-18(26(33-11-17)39-12-20(29)30)24(37)34-16-6-4-15(27)5-7-16/h3-9,11,20H,1,10,12H2,2H3,(H,32,36)(H,34,37)(H,35,38). The number of carbonyl (C=O) groups excluding carboxylic acids is 3. The first-order valence-electron chi connectivity index (χ1n) is 11.2. The zero-order valence-electron chi connectivity index (χ0n) is 20.3. The van der Waals surface area contributed by atoms with E-state index in [1.165, 1.54) is 6.92 Å². The number of alkyl halides is 2. The molecule has 0 aliphatic carbocycles. The van der Waals surface area contributed by atoms with Crippen LogP contribution in [0.3, 0.4) is 0 Å². The van der Waals surface area contributed by atoms with Crippen LogP contribution in [0.25, 0.3) is 0 Å². The molecule has 0 unspecified atom stereocenters. The minimum absolute atomic E-state index is 0.167. The number of carbonyl (C=O) groups is 3. The molecule has 0 saturated carbocycles. The SMILES string of the molecule is C=C(C)C(=O)NCc1ccc(F)c(C(=O)Nc2cnc(OCC(F)F)c(C(=O)Nc3ccc(Br)cc3)c2)c1F. The van der Waals surface area contributed by atoms with Gasteiger partial charge in [0.05, 0.1) is 11.9 Å². The van der Waals surface area contributed by atoms with E-state index in [2.05, 4.69) is 43.4 Å². The lowest BCUT2D eigenvalue weighted by atomic mass is 10.1. The molecule has 3 amide bonds. The summed E-state index contributed by atoms with van der Waals surface area (Å²) >= 11 is 3.26. The van der Waals surface area contributed by atoms with E-state index in [1.807, 2.05) is 0 Å². The zero-order chi connectivity index (χ0) is 28.7. The van der Waals surface area contributed by atoms with Gasteiger partial charge in [-0.3, -0.25) is 14.4 Å². The Morgan fingerprint density at radius 3 is 2.33 bits per heavy atom. The molecular formula is C26H21BrF4N4O4. The fraction of sp³-hybridized carbons (Fsp3) is 0.154. The van der Waals surface area contributed by atoms with Crippen molar-refractivity contribution < 1.29 is 36.7 Å². The maximum absolute atomic E-state index is 15.0. The summed E-state index contributed by atoms with van der Waals surface area (Å²) in [4.78, 5) is 41.2. The zero-order valence-corrected chi connectivity index (χ0v) is 21.9. The van der Waals surface area contributed by atoms with Crippen molar-refractivity contribution in [1.29, 1.82) is 0 Å². The molecule has 3 rings (SSSR count). The number of halogens is 5. The fourth-order valence-corrected chi connectivity index (χ4v) is 3.40. The van der Waals surface area contributed by atoms with Crippen molar-refractivity contribution in [1.82, 2.24) is 10.3 Å². The smallest absolute Gasteiger partial charge is 0.272 e. The Bertz CT molecular complexity index is 1420. The summed E-state index contributed by atoms with van der Waals surface area (Å²) in [7, 11) is 0. The van der Waals surface area contributed by atoms with Crippen molar-refractivity contribution in [3.05, 3.63) is 93.6 Å². The topological polar surface area (TPSA) is 109 Å². The summed E-state index contributed by atoms with van der Waals surface area (Å²) in [6, 6.07) is 9.43. The summed E-state index contributed by atoms with van der Waals surface area (Å²) in [6.07, 6.45) is -1.88. The molecule has 2 aromatic carbocycles. The van der Waals surface area contributed by atoms with Gasteiger partial charge in [0.15, 0.2) is 6.61 Å². The van der Waals surface area contributed by atoms with Crippen LogP contribution in [0.5, 0.6) is 5.88 Å². The molecule has 3 aromatic rings. The lowest BCUT2D eigenvalue weighted by Crippen LogP contribution is -2.25. The third-order valence-electron chi connectivity index (χ3n) is 5.03. The lowest BCUT2D eigenvalue weighted by molar-refractivity contribution is -0.117. The highest BCUT2D eigenvalue weighted by Gasteiger charge is 2.23. The first-order valence-corrected chi connectivity index (χ1v) is 12.0. The average Bonchev–Trinajstić information content (AvgIpc) is 2.88. The molecule has 0 spiro atoms. The quantitative estimate of drug-likeness (QED) is 0.209. The molecule has 3 N–H and O–H groups in total. The van der Waals surface area contributed by atoms with Gasteiger partial charge in [-0.15, -0.1) is 0 Å². The minimum atomic E-state index is -2.85. The molecule has 0 fully saturated rings. The van der Waals surface area contributed by atoms with E-state index in [0.717, 1.165) is 28.9 Å². The van der Waals surface area contributed by atoms with Gasteiger partial charge >= 0.3 is 0 Å². The van der Waals surface area contributed by atoms with Crippen molar-refractivity contribution >= 4 is 45.0 Å². The molecule has 0 atom stereocenters. The molecule has 1 heterocycles. The molecule has 1 aromatic heterocycles. The first kappa shape index (κ1) is 29.3. The second-order valence-electron chi connectivity index (χ2n) is 8.05. The van der Waals surface area contributed by atoms with Crippen molar-refractivity contribution in [3.8, 4) is 5.88 Å². The molecule has 204 valence electrons. The minimum Gasteiger partial charge on any atom is -0.471 e. The molecule has 8 nitrogen and oxygen atoms in total. The number of anilines is 2. The van der Waals surface area contributed by atoms with Crippen LogP contribution in [0, 0.1) is 11.6 Å². The summed E-state index contributed by atoms with van der Waals surface area (Å²) in [5.74, 6) is -5.43. The predicted molar refractivity (Wildman–Crippen MR) is 139 cm³/mol. The normalized spacial score (nSPS) is 10.6. The summed E-state index contributed by atoms with van der Waals surface area (Å²) in [6.45, 7) is 3.51. The molecule has 0 bridgehead atoms. The van der Waals surface area contributed by atoms with Crippen molar-refractivity contribution in [2.24, 2.45) is 0 Å². The van der Waals surface area contributed by atoms with Gasteiger partial charge in [0.25, 0.3) is 18.2 Å². The van der Waals surface area contributed by atoms with E-state index in [1.54, 1.807) is 24.3 Å². The Hall–Kier alpha value is -4.26. The van der Waals surface area contributed by atoms with Crippen LogP contribution in [0.1, 0.15) is 33.2 Å². The van der Waals surface area contributed by atoms with Crippen LogP contribution in [0.4, 0.5) is 28.9 Å². The maximum atomic E-state index is 15.0. The van der Waals surface area contributed by atoms with Crippen molar-refractivity contribution in [2.75, 3.05) is 17.2 Å². The second kappa shape index (κ2) is 13.0. The Morgan fingerprint density at radius 1 is 1.03 bits per heavy atom. The van der Waals surface area contributed by atoms with E-state index < -0.39 is 53.8 Å². The molecule has 39 heavy (non-hydrogen) atoms. The van der Waals surface area contributed by atoms with E-state index in [4.69, 9.17) is 4.74 Å². The van der Waals surface area contributed by atoms with Crippen LogP contribution in [0.2, 0.25) is 0 Å². The predicted octanol–water partition coefficient (Wildman–Crippen LogP) is 5.46. The average molecular weight is 609 g/mol. The van der Waals surface area contributed by atoms with Crippen LogP contribution >= 0.6 is 15.9 Å². The van der Waals surface area contributed by atoms with Crippen LogP contribution in [-0.2, 0) is 11.3 Å². The van der Waals surface area contributed by atoms with Gasteiger partial charge in [-0.1, -0.05) is 28.6 Å². The Morgan fingerprint density at radius 2 is 1.69 bits per heavy atom. The first-order chi connectivity index (χ1) is 18.5. The molecule has 13 heteroatoms. The highest BCUT2D eigenvalue weighted by Crippen LogP contribution is 2.24. The van der Waals surface area contributed by atoms with Gasteiger partial charge in [0.1, 0.15) is 22.8 Å². The molecule has 0 saturated heterocycles. The van der Waals surface area contributed by atoms with Crippen LogP contribution in [0.15, 0.2) is 65.3 Å². The Kier molecular flexibility index (Phi) is 9.77. The number of nitrogens with one attached hydrogen (secondary N) is 3. The van der Waals surface area contributed by atoms with Gasteiger partial charge in [0, 0.05) is 27.8 Å². The van der Waals surface area contributed by atoms with E-state index in [9.17, 15) is 27.6 Å². The van der Waals surface area contributed by atoms with Crippen molar-refractivity contribution in [2.45, 2.75) is 19.9 Å². The molecule has 0 aliphatic heterocycles. The van der Waals surface area contributed by atoms with Gasteiger partial charge in [-0.25, -0.2) is 22.5 Å². The molecular weight excluding hydrogens is 588 g/mol. The third kappa shape index (κ3) is 7.87. The Labute approximate surface area is 228 Å². The highest BCUT2D eigenvalue weighted by atomic mass is 79.9. The van der Waals surface area contributed by atoms with Gasteiger partial charge < -0.3 is 20.7 Å². The number of rotatable bonds is 10. The largest absolute Gasteiger partial charge is 0.471 e. The van der Waals surface area contributed by atoms with Crippen LogP contribution in [-0.4, -0.2) is 35.7 Å². The Balaban J connectivity index is 1.87. The number of pyridine rings is 1. The van der Waals surface area contributed by atoms with Crippen molar-refractivity contribution in [3.63, 3.8) is 0 Å². The van der Waals surface area contributed by atoms with Crippen LogP contribution < -0.4 is 20.7 Å². The summed E-state index contributed by atoms with van der Waals surface area (Å²) in [5, 5.41) is 7.16. The number of benzene rings is 2. The monoisotopic (exact) mass is 608 g/mol. The molecule has 0 radical (unpaired) electrons. The maximum Gasteiger partial charge on any atom is 0.272 e. The lowest BCUT2D eigenvalue weighted by Gasteiger charge is -2.14. The number of aromatic nitrogens is 1. The number of hydrogen-bond donors (Lipinski definition) is 3. The number of ether oxygens (including phenoxy) is 1.